The first-order chi connectivity index (χ1) is 8.74. The summed E-state index contributed by atoms with van der Waals surface area (Å²) in [6.45, 7) is 7.40. The van der Waals surface area contributed by atoms with Crippen LogP contribution in [0.2, 0.25) is 13.3 Å². The van der Waals surface area contributed by atoms with Gasteiger partial charge in [0.15, 0.2) is 0 Å². The summed E-state index contributed by atoms with van der Waals surface area (Å²) in [7, 11) is 1.75. The zero-order valence-electron chi connectivity index (χ0n) is 13.1. The molecular weight excluding hydrogens is 331 g/mol. The number of methoxy groups -OCH3 is 1. The van der Waals surface area contributed by atoms with E-state index in [4.69, 9.17) is 7.81 Å². The summed E-state index contributed by atoms with van der Waals surface area (Å²) < 4.78 is 15.7. The first-order valence-electron chi connectivity index (χ1n) is 7.87. The van der Waals surface area contributed by atoms with E-state index in [1.807, 2.05) is 0 Å². The molecule has 0 fully saturated rings. The van der Waals surface area contributed by atoms with Gasteiger partial charge in [-0.3, -0.25) is 0 Å². The molecule has 0 radical (unpaired) electrons. The van der Waals surface area contributed by atoms with Crippen molar-refractivity contribution in [3.8, 4) is 0 Å². The van der Waals surface area contributed by atoms with E-state index in [0.717, 1.165) is 0 Å². The van der Waals surface area contributed by atoms with Crippen LogP contribution in [0.5, 0.6) is 0 Å². The summed E-state index contributed by atoms with van der Waals surface area (Å²) in [6, 6.07) is 0. The summed E-state index contributed by atoms with van der Waals surface area (Å²) in [6.07, 6.45) is 9.37. The fourth-order valence-electron chi connectivity index (χ4n) is 2.47. The third-order valence-corrected chi connectivity index (χ3v) is 16.6. The predicted octanol–water partition coefficient (Wildman–Crippen LogP) is 5.34. The van der Waals surface area contributed by atoms with Gasteiger partial charge in [-0.05, 0) is 0 Å². The monoisotopic (exact) mass is 366 g/mol. The molecule has 0 N–H and O–H groups in total. The number of hydrogen-bond acceptors (Lipinski definition) is 2. The van der Waals surface area contributed by atoms with E-state index in [-0.39, 0.29) is 0 Å². The average molecular weight is 365 g/mol. The van der Waals surface area contributed by atoms with E-state index in [0.29, 0.717) is 6.79 Å². The SMILES string of the molecule is CCCC[CH2][Sn]([CH2]CCC)([CH2]CCC)[O]COC. The fourth-order valence-corrected chi connectivity index (χ4v) is 15.1. The maximum absolute atomic E-state index is 6.32. The number of unbranched alkanes of at least 4 members (excludes halogenated alkanes) is 4. The molecule has 2 nitrogen and oxygen atoms in total. The zero-order valence-corrected chi connectivity index (χ0v) is 15.9. The van der Waals surface area contributed by atoms with E-state index in [2.05, 4.69) is 20.8 Å². The van der Waals surface area contributed by atoms with Crippen LogP contribution in [0.3, 0.4) is 0 Å². The molecule has 0 heterocycles. The first kappa shape index (κ1) is 18.7. The van der Waals surface area contributed by atoms with Crippen LogP contribution >= 0.6 is 0 Å². The van der Waals surface area contributed by atoms with Gasteiger partial charge in [0.2, 0.25) is 0 Å². The van der Waals surface area contributed by atoms with Crippen LogP contribution in [-0.2, 0) is 7.81 Å². The molecule has 0 aromatic carbocycles. The zero-order chi connectivity index (χ0) is 13.7. The molecule has 18 heavy (non-hydrogen) atoms. The van der Waals surface area contributed by atoms with Gasteiger partial charge in [0.05, 0.1) is 0 Å². The summed E-state index contributed by atoms with van der Waals surface area (Å²) in [4.78, 5) is 0. The van der Waals surface area contributed by atoms with E-state index in [1.54, 1.807) is 7.11 Å². The van der Waals surface area contributed by atoms with Crippen LogP contribution in [0.4, 0.5) is 0 Å². The number of rotatable bonds is 13. The normalized spacial score (nSPS) is 12.0. The van der Waals surface area contributed by atoms with E-state index in [9.17, 15) is 0 Å². The van der Waals surface area contributed by atoms with E-state index < -0.39 is 18.8 Å². The Morgan fingerprint density at radius 3 is 1.67 bits per heavy atom. The van der Waals surface area contributed by atoms with Crippen molar-refractivity contribution in [1.82, 2.24) is 0 Å². The molecule has 0 saturated carbocycles. The predicted molar refractivity (Wildman–Crippen MR) is 82.5 cm³/mol. The molecule has 0 bridgehead atoms. The molecule has 0 spiro atoms. The Labute approximate surface area is 119 Å². The van der Waals surface area contributed by atoms with Crippen LogP contribution in [0.1, 0.15) is 65.7 Å². The summed E-state index contributed by atoms with van der Waals surface area (Å²) >= 11 is -2.34. The Morgan fingerprint density at radius 2 is 1.22 bits per heavy atom. The Morgan fingerprint density at radius 1 is 0.722 bits per heavy atom. The van der Waals surface area contributed by atoms with Crippen LogP contribution in [0, 0.1) is 0 Å². The molecule has 0 aliphatic rings. The summed E-state index contributed by atoms with van der Waals surface area (Å²) in [5.41, 5.74) is 0. The van der Waals surface area contributed by atoms with Gasteiger partial charge in [-0.1, -0.05) is 0 Å². The molecule has 0 amide bonds. The van der Waals surface area contributed by atoms with Gasteiger partial charge in [0.1, 0.15) is 0 Å². The quantitative estimate of drug-likeness (QED) is 0.249. The van der Waals surface area contributed by atoms with E-state index >= 15 is 0 Å². The molecule has 0 aromatic heterocycles. The second kappa shape index (κ2) is 12.7. The standard InChI is InChI=1S/C5H11.2C4H9.C2H5O2.Sn/c1-3-5-4-2;2*1-3-4-2;1-4-2-3;/h1,3-5H2,2H3;2*1,3-4H2,2H3;2H2,1H3;/q;;;-1;+1. The fraction of sp³-hybridized carbons (Fsp3) is 1.00. The molecular formula is C15H34O2Sn. The molecule has 3 heteroatoms. The van der Waals surface area contributed by atoms with Crippen molar-refractivity contribution >= 4 is 18.8 Å². The molecule has 0 unspecified atom stereocenters. The minimum absolute atomic E-state index is 0.537. The van der Waals surface area contributed by atoms with Crippen LogP contribution in [0.15, 0.2) is 0 Å². The van der Waals surface area contributed by atoms with E-state index in [1.165, 1.54) is 58.3 Å². The molecule has 0 saturated heterocycles. The van der Waals surface area contributed by atoms with Gasteiger partial charge in [0.25, 0.3) is 0 Å². The second-order valence-electron chi connectivity index (χ2n) is 5.40. The minimum atomic E-state index is -2.34. The first-order valence-corrected chi connectivity index (χ1v) is 15.1. The average Bonchev–Trinajstić information content (AvgIpc) is 2.40. The number of hydrogen-bond donors (Lipinski definition) is 0. The Hall–Kier alpha value is 0.719. The van der Waals surface area contributed by atoms with Gasteiger partial charge in [0, 0.05) is 0 Å². The third-order valence-electron chi connectivity index (χ3n) is 3.69. The van der Waals surface area contributed by atoms with Crippen LogP contribution in [0.25, 0.3) is 0 Å². The van der Waals surface area contributed by atoms with Crippen molar-refractivity contribution in [3.05, 3.63) is 0 Å². The molecule has 0 atom stereocenters. The Bertz CT molecular complexity index is 152. The van der Waals surface area contributed by atoms with Crippen molar-refractivity contribution in [2.45, 2.75) is 79.0 Å². The molecule has 0 aliphatic carbocycles. The van der Waals surface area contributed by atoms with Crippen molar-refractivity contribution in [2.24, 2.45) is 0 Å². The van der Waals surface area contributed by atoms with Crippen molar-refractivity contribution in [3.63, 3.8) is 0 Å². The molecule has 0 aliphatic heterocycles. The Balaban J connectivity index is 4.41. The molecule has 0 aromatic rings. The van der Waals surface area contributed by atoms with Gasteiger partial charge in [-0.25, -0.2) is 0 Å². The van der Waals surface area contributed by atoms with Crippen molar-refractivity contribution in [2.75, 3.05) is 13.9 Å². The molecule has 110 valence electrons. The van der Waals surface area contributed by atoms with Crippen molar-refractivity contribution < 1.29 is 7.81 Å². The number of ether oxygens (including phenoxy) is 1. The van der Waals surface area contributed by atoms with Gasteiger partial charge in [-0.2, -0.15) is 0 Å². The third kappa shape index (κ3) is 8.76. The second-order valence-corrected chi connectivity index (χ2v) is 17.3. The molecule has 0 rings (SSSR count). The van der Waals surface area contributed by atoms with Gasteiger partial charge in [-0.15, -0.1) is 0 Å². The van der Waals surface area contributed by atoms with Crippen molar-refractivity contribution in [1.29, 1.82) is 0 Å². The van der Waals surface area contributed by atoms with Gasteiger partial charge >= 0.3 is 120 Å². The van der Waals surface area contributed by atoms with Crippen LogP contribution < -0.4 is 0 Å². The van der Waals surface area contributed by atoms with Crippen LogP contribution in [-0.4, -0.2) is 32.7 Å². The summed E-state index contributed by atoms with van der Waals surface area (Å²) in [5, 5.41) is 0. The summed E-state index contributed by atoms with van der Waals surface area (Å²) in [5.74, 6) is 0. The maximum atomic E-state index is 6.32. The topological polar surface area (TPSA) is 18.5 Å². The van der Waals surface area contributed by atoms with Gasteiger partial charge < -0.3 is 0 Å². The Kier molecular flexibility index (Phi) is 13.2.